The summed E-state index contributed by atoms with van der Waals surface area (Å²) in [5.41, 5.74) is 0.823. The van der Waals surface area contributed by atoms with Crippen LogP contribution >= 0.6 is 0 Å². The van der Waals surface area contributed by atoms with Crippen LogP contribution in [0.3, 0.4) is 0 Å². The molecule has 0 unspecified atom stereocenters. The molecule has 1 atom stereocenters. The van der Waals surface area contributed by atoms with Gasteiger partial charge in [-0.15, -0.1) is 0 Å². The monoisotopic (exact) mass is 340 g/mol. The van der Waals surface area contributed by atoms with Gasteiger partial charge in [-0.3, -0.25) is 4.79 Å². The van der Waals surface area contributed by atoms with E-state index in [4.69, 9.17) is 4.74 Å². The van der Waals surface area contributed by atoms with Crippen molar-refractivity contribution in [2.45, 2.75) is 19.4 Å². The Morgan fingerprint density at radius 3 is 2.48 bits per heavy atom. The Kier molecular flexibility index (Phi) is 6.15. The van der Waals surface area contributed by atoms with E-state index in [2.05, 4.69) is 0 Å². The fourth-order valence-corrected chi connectivity index (χ4v) is 3.59. The minimum Gasteiger partial charge on any atom is -0.364 e. The average molecular weight is 340 g/mol. The maximum atomic E-state index is 12.8. The number of ether oxygens (including phenoxy) is 1. The number of benzene rings is 1. The zero-order chi connectivity index (χ0) is 16.9. The fourth-order valence-electron chi connectivity index (χ4n) is 2.72. The van der Waals surface area contributed by atoms with Crippen molar-refractivity contribution in [1.29, 1.82) is 0 Å². The predicted molar refractivity (Wildman–Crippen MR) is 88.4 cm³/mol. The third-order valence-corrected chi connectivity index (χ3v) is 5.20. The summed E-state index contributed by atoms with van der Waals surface area (Å²) < 4.78 is 30.4. The Labute approximate surface area is 138 Å². The summed E-state index contributed by atoms with van der Waals surface area (Å²) in [7, 11) is -3.22. The lowest BCUT2D eigenvalue weighted by atomic mass is 10.1. The maximum absolute atomic E-state index is 12.8. The van der Waals surface area contributed by atoms with Crippen molar-refractivity contribution in [1.82, 2.24) is 9.21 Å². The zero-order valence-corrected chi connectivity index (χ0v) is 14.5. The SMILES string of the molecule is CCO[C@H](C(=O)N1CCCN(S(C)(=O)=O)CC1)c1ccccc1. The average Bonchev–Trinajstić information content (AvgIpc) is 2.78. The van der Waals surface area contributed by atoms with Gasteiger partial charge in [0.2, 0.25) is 10.0 Å². The third-order valence-electron chi connectivity index (χ3n) is 3.90. The van der Waals surface area contributed by atoms with E-state index in [0.717, 1.165) is 5.56 Å². The molecule has 128 valence electrons. The highest BCUT2D eigenvalue weighted by Crippen LogP contribution is 2.21. The van der Waals surface area contributed by atoms with Crippen molar-refractivity contribution in [3.05, 3.63) is 35.9 Å². The molecule has 6 nitrogen and oxygen atoms in total. The van der Waals surface area contributed by atoms with Gasteiger partial charge >= 0.3 is 0 Å². The standard InChI is InChI=1S/C16H24N2O4S/c1-3-22-15(14-8-5-4-6-9-14)16(19)17-10-7-11-18(13-12-17)23(2,20)21/h4-6,8-9,15H,3,7,10-13H2,1-2H3/t15-/m0/s1. The molecule has 7 heteroatoms. The van der Waals surface area contributed by atoms with Gasteiger partial charge in [0.1, 0.15) is 0 Å². The summed E-state index contributed by atoms with van der Waals surface area (Å²) >= 11 is 0. The Hall–Kier alpha value is -1.44. The molecule has 23 heavy (non-hydrogen) atoms. The molecule has 1 fully saturated rings. The molecule has 0 aliphatic carbocycles. The molecule has 0 bridgehead atoms. The Morgan fingerprint density at radius 2 is 1.87 bits per heavy atom. The van der Waals surface area contributed by atoms with Crippen LogP contribution in [0.2, 0.25) is 0 Å². The van der Waals surface area contributed by atoms with Gasteiger partial charge in [0.15, 0.2) is 6.10 Å². The van der Waals surface area contributed by atoms with E-state index in [-0.39, 0.29) is 5.91 Å². The highest BCUT2D eigenvalue weighted by atomic mass is 32.2. The Bertz CT molecular complexity index is 618. The lowest BCUT2D eigenvalue weighted by Crippen LogP contribution is -2.39. The van der Waals surface area contributed by atoms with Crippen molar-refractivity contribution in [3.63, 3.8) is 0 Å². The molecule has 0 spiro atoms. The largest absolute Gasteiger partial charge is 0.364 e. The first-order chi connectivity index (χ1) is 10.9. The van der Waals surface area contributed by atoms with Crippen molar-refractivity contribution < 1.29 is 17.9 Å². The van der Waals surface area contributed by atoms with E-state index in [0.29, 0.717) is 39.2 Å². The van der Waals surface area contributed by atoms with Gasteiger partial charge in [-0.2, -0.15) is 0 Å². The first kappa shape index (κ1) is 17.9. The van der Waals surface area contributed by atoms with Crippen LogP contribution in [0.15, 0.2) is 30.3 Å². The summed E-state index contributed by atoms with van der Waals surface area (Å²) in [5.74, 6) is -0.103. The van der Waals surface area contributed by atoms with Crippen LogP contribution in [0.1, 0.15) is 25.0 Å². The number of hydrogen-bond acceptors (Lipinski definition) is 4. The minimum absolute atomic E-state index is 0.103. The second-order valence-electron chi connectivity index (χ2n) is 5.59. The van der Waals surface area contributed by atoms with Crippen LogP contribution in [0, 0.1) is 0 Å². The van der Waals surface area contributed by atoms with Gasteiger partial charge in [0.25, 0.3) is 5.91 Å². The lowest BCUT2D eigenvalue weighted by Gasteiger charge is -2.26. The van der Waals surface area contributed by atoms with E-state index < -0.39 is 16.1 Å². The second-order valence-corrected chi connectivity index (χ2v) is 7.57. The van der Waals surface area contributed by atoms with Gasteiger partial charge in [-0.1, -0.05) is 30.3 Å². The van der Waals surface area contributed by atoms with Crippen molar-refractivity contribution >= 4 is 15.9 Å². The van der Waals surface area contributed by atoms with E-state index >= 15 is 0 Å². The summed E-state index contributed by atoms with van der Waals surface area (Å²) in [6.07, 6.45) is 1.20. The minimum atomic E-state index is -3.22. The molecule has 1 aliphatic heterocycles. The van der Waals surface area contributed by atoms with Crippen molar-refractivity contribution in [3.8, 4) is 0 Å². The molecule has 1 heterocycles. The van der Waals surface area contributed by atoms with Crippen LogP contribution in [-0.2, 0) is 19.6 Å². The van der Waals surface area contributed by atoms with E-state index in [1.807, 2.05) is 37.3 Å². The third kappa shape index (κ3) is 4.76. The topological polar surface area (TPSA) is 66.9 Å². The van der Waals surface area contributed by atoms with Crippen molar-refractivity contribution in [2.75, 3.05) is 39.0 Å². The Morgan fingerprint density at radius 1 is 1.17 bits per heavy atom. The number of carbonyl (C=O) groups excluding carboxylic acids is 1. The highest BCUT2D eigenvalue weighted by molar-refractivity contribution is 7.88. The number of rotatable bonds is 5. The molecular formula is C16H24N2O4S. The van der Waals surface area contributed by atoms with Gasteiger partial charge in [0.05, 0.1) is 6.26 Å². The zero-order valence-electron chi connectivity index (χ0n) is 13.6. The van der Waals surface area contributed by atoms with Crippen LogP contribution in [0.4, 0.5) is 0 Å². The normalized spacial score (nSPS) is 18.4. The molecule has 1 amide bonds. The summed E-state index contributed by atoms with van der Waals surface area (Å²) in [5, 5.41) is 0. The first-order valence-electron chi connectivity index (χ1n) is 7.84. The number of amides is 1. The quantitative estimate of drug-likeness (QED) is 0.809. The van der Waals surface area contributed by atoms with Crippen LogP contribution in [0.25, 0.3) is 0 Å². The highest BCUT2D eigenvalue weighted by Gasteiger charge is 2.29. The van der Waals surface area contributed by atoms with Crippen LogP contribution < -0.4 is 0 Å². The summed E-state index contributed by atoms with van der Waals surface area (Å²) in [6, 6.07) is 9.40. The number of sulfonamides is 1. The summed E-state index contributed by atoms with van der Waals surface area (Å²) in [6.45, 7) is 4.01. The molecule has 1 aromatic rings. The van der Waals surface area contributed by atoms with Gasteiger partial charge in [-0.05, 0) is 18.9 Å². The number of nitrogens with zero attached hydrogens (tertiary/aromatic N) is 2. The first-order valence-corrected chi connectivity index (χ1v) is 9.68. The lowest BCUT2D eigenvalue weighted by molar-refractivity contribution is -0.143. The van der Waals surface area contributed by atoms with Gasteiger partial charge in [0, 0.05) is 32.8 Å². The fraction of sp³-hybridized carbons (Fsp3) is 0.562. The smallest absolute Gasteiger partial charge is 0.256 e. The van der Waals surface area contributed by atoms with Gasteiger partial charge < -0.3 is 9.64 Å². The number of hydrogen-bond donors (Lipinski definition) is 0. The molecule has 1 saturated heterocycles. The second kappa shape index (κ2) is 7.90. The molecule has 2 rings (SSSR count). The Balaban J connectivity index is 2.11. The molecule has 1 aliphatic rings. The molecule has 0 aromatic heterocycles. The van der Waals surface area contributed by atoms with Crippen LogP contribution in [-0.4, -0.2) is 62.6 Å². The van der Waals surface area contributed by atoms with Crippen molar-refractivity contribution in [2.24, 2.45) is 0 Å². The number of carbonyl (C=O) groups is 1. The summed E-state index contributed by atoms with van der Waals surface area (Å²) in [4.78, 5) is 14.5. The van der Waals surface area contributed by atoms with E-state index in [9.17, 15) is 13.2 Å². The molecular weight excluding hydrogens is 316 g/mol. The maximum Gasteiger partial charge on any atom is 0.256 e. The van der Waals surface area contributed by atoms with E-state index in [1.165, 1.54) is 10.6 Å². The van der Waals surface area contributed by atoms with Crippen LogP contribution in [0.5, 0.6) is 0 Å². The molecule has 0 saturated carbocycles. The molecule has 1 aromatic carbocycles. The molecule has 0 radical (unpaired) electrons. The molecule has 0 N–H and O–H groups in total. The van der Waals surface area contributed by atoms with E-state index in [1.54, 1.807) is 4.90 Å². The van der Waals surface area contributed by atoms with Gasteiger partial charge in [-0.25, -0.2) is 12.7 Å². The predicted octanol–water partition coefficient (Wildman–Crippen LogP) is 1.26.